The fourth-order valence-corrected chi connectivity index (χ4v) is 10.3. The lowest BCUT2D eigenvalue weighted by Gasteiger charge is -2.60. The molecular weight excluding hydrogens is 368 g/mol. The Bertz CT molecular complexity index is 703. The maximum Gasteiger partial charge on any atom is 0.312 e. The van der Waals surface area contributed by atoms with Crippen molar-refractivity contribution in [3.8, 4) is 0 Å². The second-order valence-corrected chi connectivity index (χ2v) is 16.6. The number of ether oxygens (including phenoxy) is 2. The van der Waals surface area contributed by atoms with Gasteiger partial charge in [-0.1, -0.05) is 6.92 Å². The van der Waals surface area contributed by atoms with Gasteiger partial charge >= 0.3 is 5.97 Å². The van der Waals surface area contributed by atoms with Crippen LogP contribution in [0.2, 0.25) is 19.6 Å². The SMILES string of the molecule is CC12CCC(O[Si](C)(C)C)CC1CCC1C2C2CC34C(OC(=O)C3CCC14)O2. The minimum absolute atomic E-state index is 0.0320. The van der Waals surface area contributed by atoms with Gasteiger partial charge in [-0.2, -0.15) is 0 Å². The van der Waals surface area contributed by atoms with Gasteiger partial charge in [0.05, 0.1) is 17.4 Å². The fourth-order valence-electron chi connectivity index (χ4n) is 9.13. The molecule has 1 spiro atoms. The van der Waals surface area contributed by atoms with Crippen molar-refractivity contribution in [3.05, 3.63) is 0 Å². The maximum absolute atomic E-state index is 12.4. The molecule has 10 unspecified atom stereocenters. The first-order chi connectivity index (χ1) is 13.2. The van der Waals surface area contributed by atoms with E-state index in [0.717, 1.165) is 24.7 Å². The van der Waals surface area contributed by atoms with Gasteiger partial charge in [0, 0.05) is 6.10 Å². The van der Waals surface area contributed by atoms with E-state index in [2.05, 4.69) is 26.6 Å². The summed E-state index contributed by atoms with van der Waals surface area (Å²) in [6, 6.07) is 0. The summed E-state index contributed by atoms with van der Waals surface area (Å²) in [4.78, 5) is 12.4. The quantitative estimate of drug-likeness (QED) is 0.493. The van der Waals surface area contributed by atoms with Crippen molar-refractivity contribution < 1.29 is 18.7 Å². The highest BCUT2D eigenvalue weighted by molar-refractivity contribution is 6.69. The molecule has 4 saturated carbocycles. The van der Waals surface area contributed by atoms with Crippen LogP contribution in [-0.4, -0.2) is 32.8 Å². The van der Waals surface area contributed by atoms with Crippen LogP contribution in [0.3, 0.4) is 0 Å². The van der Waals surface area contributed by atoms with Crippen LogP contribution >= 0.6 is 0 Å². The van der Waals surface area contributed by atoms with Crippen LogP contribution in [-0.2, 0) is 18.7 Å². The van der Waals surface area contributed by atoms with Crippen LogP contribution in [0.4, 0.5) is 0 Å². The van der Waals surface area contributed by atoms with E-state index in [1.54, 1.807) is 0 Å². The lowest BCUT2D eigenvalue weighted by Crippen LogP contribution is -2.57. The molecular formula is C23H36O4Si. The van der Waals surface area contributed by atoms with Crippen LogP contribution in [0.25, 0.3) is 0 Å². The zero-order valence-electron chi connectivity index (χ0n) is 17.9. The van der Waals surface area contributed by atoms with Crippen LogP contribution in [0.15, 0.2) is 0 Å². The third kappa shape index (κ3) is 2.22. The summed E-state index contributed by atoms with van der Waals surface area (Å²) < 4.78 is 18.9. The van der Waals surface area contributed by atoms with Gasteiger partial charge in [0.25, 0.3) is 0 Å². The Morgan fingerprint density at radius 1 is 1.11 bits per heavy atom. The third-order valence-electron chi connectivity index (χ3n) is 9.90. The molecule has 4 nitrogen and oxygen atoms in total. The van der Waals surface area contributed by atoms with Crippen molar-refractivity contribution in [1.29, 1.82) is 0 Å². The monoisotopic (exact) mass is 404 g/mol. The van der Waals surface area contributed by atoms with Gasteiger partial charge in [0.15, 0.2) is 8.32 Å². The van der Waals surface area contributed by atoms with E-state index in [-0.39, 0.29) is 23.6 Å². The zero-order chi connectivity index (χ0) is 19.5. The molecule has 0 radical (unpaired) electrons. The summed E-state index contributed by atoms with van der Waals surface area (Å²) in [5.74, 6) is 2.96. The average molecular weight is 405 g/mol. The average Bonchev–Trinajstić information content (AvgIpc) is 3.20. The van der Waals surface area contributed by atoms with Gasteiger partial charge in [-0.05, 0) is 100 Å². The number of fused-ring (bicyclic) bond motifs is 6. The Kier molecular flexibility index (Phi) is 3.70. The fraction of sp³-hybridized carbons (Fsp3) is 0.957. The predicted octanol–water partition coefficient (Wildman–Crippen LogP) is 4.74. The molecule has 0 aromatic rings. The number of carbonyl (C=O) groups is 1. The van der Waals surface area contributed by atoms with Crippen LogP contribution in [0.1, 0.15) is 58.3 Å². The highest BCUT2D eigenvalue weighted by atomic mass is 28.4. The molecule has 6 fully saturated rings. The summed E-state index contributed by atoms with van der Waals surface area (Å²) >= 11 is 0. The van der Waals surface area contributed by atoms with Gasteiger partial charge < -0.3 is 13.9 Å². The molecule has 0 N–H and O–H groups in total. The molecule has 0 amide bonds. The highest BCUT2D eigenvalue weighted by Crippen LogP contribution is 2.73. The molecule has 2 heterocycles. The molecule has 28 heavy (non-hydrogen) atoms. The normalized spacial score (nSPS) is 56.8. The number of hydrogen-bond acceptors (Lipinski definition) is 4. The molecule has 156 valence electrons. The smallest absolute Gasteiger partial charge is 0.312 e. The number of hydrogen-bond donors (Lipinski definition) is 0. The second-order valence-electron chi connectivity index (χ2n) is 12.1. The van der Waals surface area contributed by atoms with E-state index in [1.807, 2.05) is 0 Å². The molecule has 4 aliphatic carbocycles. The van der Waals surface area contributed by atoms with E-state index in [0.29, 0.717) is 29.5 Å². The van der Waals surface area contributed by atoms with Crippen LogP contribution in [0.5, 0.6) is 0 Å². The van der Waals surface area contributed by atoms with Crippen molar-refractivity contribution in [3.63, 3.8) is 0 Å². The van der Waals surface area contributed by atoms with Gasteiger partial charge in [-0.3, -0.25) is 4.79 Å². The molecule has 6 rings (SSSR count). The number of rotatable bonds is 2. The van der Waals surface area contributed by atoms with Crippen molar-refractivity contribution in [2.45, 2.75) is 96.4 Å². The molecule has 2 bridgehead atoms. The molecule has 5 heteroatoms. The minimum Gasteiger partial charge on any atom is -0.435 e. The standard InChI is InChI=1S/C23H36O4Si/c1-22-10-9-14(27-28(2,3)4)11-13(22)5-6-15-16-7-8-17-20(24)26-21-23(16,17)12-18(25-21)19(15)22/h13-19,21H,5-12H2,1-4H3. The molecule has 0 aromatic heterocycles. The summed E-state index contributed by atoms with van der Waals surface area (Å²) in [6.45, 7) is 9.54. The summed E-state index contributed by atoms with van der Waals surface area (Å²) in [7, 11) is -1.48. The van der Waals surface area contributed by atoms with Crippen LogP contribution in [0, 0.1) is 40.4 Å². The Hall–Kier alpha value is -0.393. The molecule has 2 aliphatic heterocycles. The third-order valence-corrected chi connectivity index (χ3v) is 10.9. The topological polar surface area (TPSA) is 44.8 Å². The minimum atomic E-state index is -1.48. The Labute approximate surface area is 170 Å². The van der Waals surface area contributed by atoms with Gasteiger partial charge in [0.1, 0.15) is 0 Å². The van der Waals surface area contributed by atoms with E-state index < -0.39 is 8.32 Å². The Balaban J connectivity index is 1.30. The molecule has 10 atom stereocenters. The molecule has 6 aliphatic rings. The van der Waals surface area contributed by atoms with Gasteiger partial charge in [-0.25, -0.2) is 0 Å². The number of esters is 1. The van der Waals surface area contributed by atoms with Crippen molar-refractivity contribution in [2.75, 3.05) is 0 Å². The number of carbonyl (C=O) groups excluding carboxylic acids is 1. The lowest BCUT2D eigenvalue weighted by molar-refractivity contribution is -0.179. The summed E-state index contributed by atoms with van der Waals surface area (Å²) in [5.41, 5.74) is 0.402. The zero-order valence-corrected chi connectivity index (χ0v) is 18.9. The Morgan fingerprint density at radius 2 is 1.93 bits per heavy atom. The van der Waals surface area contributed by atoms with Gasteiger partial charge in [-0.15, -0.1) is 0 Å². The van der Waals surface area contributed by atoms with E-state index >= 15 is 0 Å². The first kappa shape index (κ1) is 18.4. The molecule has 0 aromatic carbocycles. The van der Waals surface area contributed by atoms with Crippen molar-refractivity contribution in [2.24, 2.45) is 40.4 Å². The first-order valence-corrected chi connectivity index (χ1v) is 15.2. The van der Waals surface area contributed by atoms with Crippen LogP contribution < -0.4 is 0 Å². The van der Waals surface area contributed by atoms with E-state index in [1.165, 1.54) is 38.5 Å². The first-order valence-electron chi connectivity index (χ1n) is 11.8. The van der Waals surface area contributed by atoms with Crippen molar-refractivity contribution >= 4 is 14.3 Å². The Morgan fingerprint density at radius 3 is 2.71 bits per heavy atom. The lowest BCUT2D eigenvalue weighted by atomic mass is 9.44. The summed E-state index contributed by atoms with van der Waals surface area (Å²) in [6.07, 6.45) is 10.3. The van der Waals surface area contributed by atoms with Crippen molar-refractivity contribution in [1.82, 2.24) is 0 Å². The maximum atomic E-state index is 12.4. The second kappa shape index (κ2) is 5.64. The van der Waals surface area contributed by atoms with Gasteiger partial charge in [0.2, 0.25) is 6.29 Å². The molecule has 2 saturated heterocycles. The van der Waals surface area contributed by atoms with E-state index in [4.69, 9.17) is 13.9 Å². The van der Waals surface area contributed by atoms with E-state index in [9.17, 15) is 4.79 Å². The predicted molar refractivity (Wildman–Crippen MR) is 108 cm³/mol. The highest BCUT2D eigenvalue weighted by Gasteiger charge is 2.76. The largest absolute Gasteiger partial charge is 0.435 e. The summed E-state index contributed by atoms with van der Waals surface area (Å²) in [5, 5.41) is 0.